The first-order valence-electron chi connectivity index (χ1n) is 8.91. The summed E-state index contributed by atoms with van der Waals surface area (Å²) in [5.41, 5.74) is 2.42. The highest BCUT2D eigenvalue weighted by Crippen LogP contribution is 2.22. The molecule has 3 aromatic heterocycles. The number of aromatic nitrogens is 4. The molecule has 8 nitrogen and oxygen atoms in total. The maximum absolute atomic E-state index is 12.9. The first kappa shape index (κ1) is 17.9. The molecule has 27 heavy (non-hydrogen) atoms. The predicted octanol–water partition coefficient (Wildman–Crippen LogP) is 2.11. The number of rotatable bonds is 4. The van der Waals surface area contributed by atoms with E-state index in [1.165, 1.54) is 0 Å². The number of aryl methyl sites for hydroxylation is 2. The molecule has 1 aliphatic rings. The van der Waals surface area contributed by atoms with E-state index in [4.69, 9.17) is 4.52 Å². The van der Waals surface area contributed by atoms with Crippen LogP contribution in [0.2, 0.25) is 0 Å². The summed E-state index contributed by atoms with van der Waals surface area (Å²) in [5.74, 6) is 1.31. The highest BCUT2D eigenvalue weighted by atomic mass is 32.1. The zero-order valence-electron chi connectivity index (χ0n) is 15.7. The maximum Gasteiger partial charge on any atom is 0.257 e. The van der Waals surface area contributed by atoms with Crippen molar-refractivity contribution in [1.29, 1.82) is 0 Å². The van der Waals surface area contributed by atoms with E-state index in [0.717, 1.165) is 34.9 Å². The minimum absolute atomic E-state index is 0.0653. The van der Waals surface area contributed by atoms with Crippen LogP contribution in [-0.2, 0) is 13.6 Å². The number of thiophene rings is 1. The summed E-state index contributed by atoms with van der Waals surface area (Å²) in [4.78, 5) is 22.5. The van der Waals surface area contributed by atoms with Crippen LogP contribution in [0.25, 0.3) is 10.7 Å². The van der Waals surface area contributed by atoms with Gasteiger partial charge in [-0.05, 0) is 25.3 Å². The van der Waals surface area contributed by atoms with Crippen LogP contribution in [0, 0.1) is 13.8 Å². The van der Waals surface area contributed by atoms with Gasteiger partial charge in [-0.25, -0.2) is 0 Å². The zero-order valence-corrected chi connectivity index (χ0v) is 16.5. The van der Waals surface area contributed by atoms with Gasteiger partial charge in [0.25, 0.3) is 5.91 Å². The number of carbonyl (C=O) groups is 1. The summed E-state index contributed by atoms with van der Waals surface area (Å²) >= 11 is 1.59. The number of nitrogens with zero attached hydrogens (tertiary/aromatic N) is 6. The standard InChI is InChI=1S/C18H22N6O2S/c1-12-16(13(2)22(3)20-12)18(25)24-8-6-23(7-9-24)11-15-19-17(21-26-15)14-5-4-10-27-14/h4-5,10H,6-9,11H2,1-3H3. The molecule has 0 atom stereocenters. The Morgan fingerprint density at radius 1 is 1.26 bits per heavy atom. The van der Waals surface area contributed by atoms with Crippen molar-refractivity contribution in [2.24, 2.45) is 7.05 Å². The third kappa shape index (κ3) is 3.52. The third-order valence-corrected chi connectivity index (χ3v) is 5.82. The molecule has 4 heterocycles. The highest BCUT2D eigenvalue weighted by Gasteiger charge is 2.27. The van der Waals surface area contributed by atoms with E-state index in [2.05, 4.69) is 20.1 Å². The molecular weight excluding hydrogens is 364 g/mol. The Bertz CT molecular complexity index is 937. The molecular formula is C18H22N6O2S. The Kier molecular flexibility index (Phi) is 4.79. The summed E-state index contributed by atoms with van der Waals surface area (Å²) in [6.07, 6.45) is 0. The van der Waals surface area contributed by atoms with Crippen molar-refractivity contribution in [2.75, 3.05) is 26.2 Å². The Labute approximate surface area is 161 Å². The summed E-state index contributed by atoms with van der Waals surface area (Å²) in [6, 6.07) is 3.95. The lowest BCUT2D eigenvalue weighted by Gasteiger charge is -2.34. The number of piperazine rings is 1. The first-order chi connectivity index (χ1) is 13.0. The van der Waals surface area contributed by atoms with E-state index >= 15 is 0 Å². The average Bonchev–Trinajstić information content (AvgIpc) is 3.37. The molecule has 1 aliphatic heterocycles. The lowest BCUT2D eigenvalue weighted by Crippen LogP contribution is -2.48. The van der Waals surface area contributed by atoms with Crippen molar-refractivity contribution in [1.82, 2.24) is 29.7 Å². The van der Waals surface area contributed by atoms with Gasteiger partial charge >= 0.3 is 0 Å². The van der Waals surface area contributed by atoms with E-state index in [0.29, 0.717) is 31.3 Å². The molecule has 142 valence electrons. The second-order valence-electron chi connectivity index (χ2n) is 6.73. The van der Waals surface area contributed by atoms with Crippen molar-refractivity contribution in [2.45, 2.75) is 20.4 Å². The van der Waals surface area contributed by atoms with Crippen molar-refractivity contribution in [3.05, 3.63) is 40.4 Å². The van der Waals surface area contributed by atoms with Crippen LogP contribution < -0.4 is 0 Å². The smallest absolute Gasteiger partial charge is 0.257 e. The fourth-order valence-corrected chi connectivity index (χ4v) is 4.02. The maximum atomic E-state index is 12.9. The zero-order chi connectivity index (χ0) is 19.0. The number of carbonyl (C=O) groups excluding carboxylic acids is 1. The van der Waals surface area contributed by atoms with E-state index in [-0.39, 0.29) is 5.91 Å². The van der Waals surface area contributed by atoms with Crippen LogP contribution in [0.1, 0.15) is 27.6 Å². The van der Waals surface area contributed by atoms with Crippen LogP contribution in [0.4, 0.5) is 0 Å². The van der Waals surface area contributed by atoms with Gasteiger partial charge < -0.3 is 9.42 Å². The minimum Gasteiger partial charge on any atom is -0.338 e. The Hall–Kier alpha value is -2.52. The largest absolute Gasteiger partial charge is 0.338 e. The van der Waals surface area contributed by atoms with Crippen molar-refractivity contribution in [3.8, 4) is 10.7 Å². The number of amides is 1. The molecule has 0 bridgehead atoms. The van der Waals surface area contributed by atoms with Gasteiger partial charge in [0.1, 0.15) is 0 Å². The van der Waals surface area contributed by atoms with Gasteiger partial charge in [-0.3, -0.25) is 14.4 Å². The van der Waals surface area contributed by atoms with Crippen molar-refractivity contribution >= 4 is 17.2 Å². The second-order valence-corrected chi connectivity index (χ2v) is 7.67. The van der Waals surface area contributed by atoms with Crippen LogP contribution >= 0.6 is 11.3 Å². The van der Waals surface area contributed by atoms with Gasteiger partial charge in [0.05, 0.1) is 22.7 Å². The summed E-state index contributed by atoms with van der Waals surface area (Å²) < 4.78 is 7.14. The van der Waals surface area contributed by atoms with E-state index in [1.54, 1.807) is 16.0 Å². The molecule has 0 N–H and O–H groups in total. The lowest BCUT2D eigenvalue weighted by molar-refractivity contribution is 0.0613. The Balaban J connectivity index is 1.36. The Morgan fingerprint density at radius 2 is 2.04 bits per heavy atom. The van der Waals surface area contributed by atoms with E-state index < -0.39 is 0 Å². The van der Waals surface area contributed by atoms with Crippen LogP contribution in [0.3, 0.4) is 0 Å². The summed E-state index contributed by atoms with van der Waals surface area (Å²) in [6.45, 7) is 7.34. The van der Waals surface area contributed by atoms with Gasteiger partial charge in [0.15, 0.2) is 0 Å². The topological polar surface area (TPSA) is 80.3 Å². The molecule has 0 spiro atoms. The van der Waals surface area contributed by atoms with Crippen LogP contribution in [0.5, 0.6) is 0 Å². The average molecular weight is 386 g/mol. The van der Waals surface area contributed by atoms with E-state index in [1.807, 2.05) is 43.3 Å². The SMILES string of the molecule is Cc1nn(C)c(C)c1C(=O)N1CCN(Cc2nc(-c3cccs3)no2)CC1. The van der Waals surface area contributed by atoms with E-state index in [9.17, 15) is 4.79 Å². The fraction of sp³-hybridized carbons (Fsp3) is 0.444. The molecule has 1 saturated heterocycles. The van der Waals surface area contributed by atoms with Gasteiger partial charge in [0.2, 0.25) is 11.7 Å². The van der Waals surface area contributed by atoms with Crippen LogP contribution in [-0.4, -0.2) is 61.8 Å². The lowest BCUT2D eigenvalue weighted by atomic mass is 10.1. The molecule has 4 rings (SSSR count). The quantitative estimate of drug-likeness (QED) is 0.683. The normalized spacial score (nSPS) is 15.4. The molecule has 0 aromatic carbocycles. The Morgan fingerprint density at radius 3 is 2.67 bits per heavy atom. The predicted molar refractivity (Wildman–Crippen MR) is 101 cm³/mol. The van der Waals surface area contributed by atoms with Gasteiger partial charge in [-0.2, -0.15) is 10.1 Å². The molecule has 1 fully saturated rings. The minimum atomic E-state index is 0.0653. The number of hydrogen-bond acceptors (Lipinski definition) is 7. The molecule has 0 radical (unpaired) electrons. The monoisotopic (exact) mass is 386 g/mol. The molecule has 0 unspecified atom stereocenters. The summed E-state index contributed by atoms with van der Waals surface area (Å²) in [7, 11) is 1.87. The first-order valence-corrected chi connectivity index (χ1v) is 9.79. The third-order valence-electron chi connectivity index (χ3n) is 4.95. The second kappa shape index (κ2) is 7.24. The van der Waals surface area contributed by atoms with Gasteiger partial charge in [0, 0.05) is 38.9 Å². The van der Waals surface area contributed by atoms with Gasteiger partial charge in [-0.1, -0.05) is 11.2 Å². The molecule has 1 amide bonds. The van der Waals surface area contributed by atoms with Crippen LogP contribution in [0.15, 0.2) is 22.0 Å². The molecule has 0 aliphatic carbocycles. The molecule has 9 heteroatoms. The summed E-state index contributed by atoms with van der Waals surface area (Å²) in [5, 5.41) is 10.4. The molecule has 0 saturated carbocycles. The van der Waals surface area contributed by atoms with Crippen molar-refractivity contribution in [3.63, 3.8) is 0 Å². The van der Waals surface area contributed by atoms with Crippen molar-refractivity contribution < 1.29 is 9.32 Å². The fourth-order valence-electron chi connectivity index (χ4n) is 3.37. The van der Waals surface area contributed by atoms with Gasteiger partial charge in [-0.15, -0.1) is 11.3 Å². The molecule has 3 aromatic rings. The highest BCUT2D eigenvalue weighted by molar-refractivity contribution is 7.13. The number of hydrogen-bond donors (Lipinski definition) is 0.